The Morgan fingerprint density at radius 2 is 1.59 bits per heavy atom. The first-order valence-corrected chi connectivity index (χ1v) is 14.8. The Kier molecular flexibility index (Phi) is 10.4. The number of likely N-dealkylation sites (N-methyl/N-ethyl adjacent to an activating group) is 1. The highest BCUT2D eigenvalue weighted by Crippen LogP contribution is 2.28. The lowest BCUT2D eigenvalue weighted by molar-refractivity contribution is -0.140. The predicted molar refractivity (Wildman–Crippen MR) is 157 cm³/mol. The number of hydrogen-bond acceptors (Lipinski definition) is 4. The number of para-hydroxylation sites is 1. The number of nitrogens with one attached hydrogen (secondary N) is 1. The zero-order chi connectivity index (χ0) is 28.7. The Labute approximate surface area is 240 Å². The molecule has 1 atom stereocenters. The quantitative estimate of drug-likeness (QED) is 0.308. The lowest BCUT2D eigenvalue weighted by Crippen LogP contribution is -2.52. The van der Waals surface area contributed by atoms with Gasteiger partial charge in [0.1, 0.15) is 12.6 Å². The van der Waals surface area contributed by atoms with Crippen LogP contribution in [-0.2, 0) is 26.2 Å². The molecule has 0 aromatic heterocycles. The molecule has 3 rings (SSSR count). The van der Waals surface area contributed by atoms with E-state index >= 15 is 0 Å². The van der Waals surface area contributed by atoms with Gasteiger partial charge in [0, 0.05) is 13.1 Å². The first-order valence-electron chi connectivity index (χ1n) is 12.7. The van der Waals surface area contributed by atoms with Gasteiger partial charge in [-0.25, -0.2) is 8.42 Å². The van der Waals surface area contributed by atoms with Crippen LogP contribution in [0.4, 0.5) is 5.69 Å². The van der Waals surface area contributed by atoms with E-state index in [1.807, 2.05) is 6.92 Å². The summed E-state index contributed by atoms with van der Waals surface area (Å²) in [4.78, 5) is 28.5. The SMILES string of the molecule is CCNC(=O)C(CC)N(Cc1ccc(Cl)c(Cl)c1)C(=O)CN(c1ccccc1C)S(=O)(=O)c1ccc(C)cc1. The largest absolute Gasteiger partial charge is 0.355 e. The van der Waals surface area contributed by atoms with Crippen molar-refractivity contribution in [1.29, 1.82) is 0 Å². The Balaban J connectivity index is 2.08. The van der Waals surface area contributed by atoms with Crippen LogP contribution in [0.5, 0.6) is 0 Å². The summed E-state index contributed by atoms with van der Waals surface area (Å²) < 4.78 is 28.9. The standard InChI is InChI=1S/C29H33Cl2N3O4S/c1-5-26(29(36)32-6-2)33(18-22-13-16-24(30)25(31)17-22)28(35)19-34(27-10-8-7-9-21(27)4)39(37,38)23-14-11-20(3)12-15-23/h7-17,26H,5-6,18-19H2,1-4H3,(H,32,36). The number of sulfonamides is 1. The van der Waals surface area contributed by atoms with Crippen LogP contribution in [0.1, 0.15) is 37.0 Å². The van der Waals surface area contributed by atoms with Crippen LogP contribution < -0.4 is 9.62 Å². The third kappa shape index (κ3) is 7.32. The number of anilines is 1. The van der Waals surface area contributed by atoms with Gasteiger partial charge in [0.15, 0.2) is 0 Å². The van der Waals surface area contributed by atoms with E-state index in [1.165, 1.54) is 17.0 Å². The van der Waals surface area contributed by atoms with Gasteiger partial charge in [-0.1, -0.05) is 72.1 Å². The number of carbonyl (C=O) groups is 2. The molecule has 10 heteroatoms. The van der Waals surface area contributed by atoms with Crippen molar-refractivity contribution in [1.82, 2.24) is 10.2 Å². The van der Waals surface area contributed by atoms with Crippen LogP contribution in [0.15, 0.2) is 71.6 Å². The van der Waals surface area contributed by atoms with Gasteiger partial charge in [-0.05, 0) is 68.7 Å². The third-order valence-corrected chi connectivity index (χ3v) is 8.86. The molecule has 0 bridgehead atoms. The molecule has 3 aromatic carbocycles. The summed E-state index contributed by atoms with van der Waals surface area (Å²) in [5, 5.41) is 3.46. The van der Waals surface area contributed by atoms with E-state index in [9.17, 15) is 18.0 Å². The number of aryl methyl sites for hydroxylation is 2. The molecule has 0 aliphatic rings. The molecule has 1 N–H and O–H groups in total. The maximum Gasteiger partial charge on any atom is 0.264 e. The fourth-order valence-electron chi connectivity index (χ4n) is 4.24. The molecule has 0 heterocycles. The summed E-state index contributed by atoms with van der Waals surface area (Å²) >= 11 is 12.3. The molecule has 39 heavy (non-hydrogen) atoms. The van der Waals surface area contributed by atoms with Crippen molar-refractivity contribution in [3.8, 4) is 0 Å². The van der Waals surface area contributed by atoms with Crippen LogP contribution in [0.25, 0.3) is 0 Å². The monoisotopic (exact) mass is 589 g/mol. The highest BCUT2D eigenvalue weighted by molar-refractivity contribution is 7.92. The highest BCUT2D eigenvalue weighted by atomic mass is 35.5. The lowest BCUT2D eigenvalue weighted by Gasteiger charge is -2.33. The molecule has 0 saturated heterocycles. The van der Waals surface area contributed by atoms with Crippen molar-refractivity contribution in [2.45, 2.75) is 51.6 Å². The summed E-state index contributed by atoms with van der Waals surface area (Å²) in [5.74, 6) is -0.852. The van der Waals surface area contributed by atoms with E-state index in [0.29, 0.717) is 39.8 Å². The van der Waals surface area contributed by atoms with Gasteiger partial charge in [0.05, 0.1) is 20.6 Å². The zero-order valence-corrected chi connectivity index (χ0v) is 24.8. The first kappa shape index (κ1) is 30.5. The molecule has 208 valence electrons. The normalized spacial score (nSPS) is 12.1. The molecule has 0 fully saturated rings. The van der Waals surface area contributed by atoms with Crippen LogP contribution >= 0.6 is 23.2 Å². The molecular formula is C29H33Cl2N3O4S. The Morgan fingerprint density at radius 1 is 0.923 bits per heavy atom. The lowest BCUT2D eigenvalue weighted by atomic mass is 10.1. The maximum absolute atomic E-state index is 14.0. The van der Waals surface area contributed by atoms with Gasteiger partial charge in [0.2, 0.25) is 11.8 Å². The number of amides is 2. The van der Waals surface area contributed by atoms with Gasteiger partial charge in [-0.2, -0.15) is 0 Å². The fraction of sp³-hybridized carbons (Fsp3) is 0.310. The highest BCUT2D eigenvalue weighted by Gasteiger charge is 2.34. The van der Waals surface area contributed by atoms with Crippen molar-refractivity contribution in [3.05, 3.63) is 93.5 Å². The topological polar surface area (TPSA) is 86.8 Å². The molecule has 0 spiro atoms. The van der Waals surface area contributed by atoms with E-state index in [2.05, 4.69) is 5.32 Å². The number of nitrogens with zero attached hydrogens (tertiary/aromatic N) is 2. The number of hydrogen-bond donors (Lipinski definition) is 1. The van der Waals surface area contributed by atoms with Gasteiger partial charge < -0.3 is 10.2 Å². The molecular weight excluding hydrogens is 557 g/mol. The Hall–Kier alpha value is -3.07. The molecule has 2 amide bonds. The summed E-state index contributed by atoms with van der Waals surface area (Å²) in [5.41, 5.74) is 2.64. The van der Waals surface area contributed by atoms with E-state index in [-0.39, 0.29) is 17.3 Å². The van der Waals surface area contributed by atoms with Crippen LogP contribution in [0, 0.1) is 13.8 Å². The minimum absolute atomic E-state index is 0.0392. The van der Waals surface area contributed by atoms with Crippen molar-refractivity contribution < 1.29 is 18.0 Å². The molecule has 1 unspecified atom stereocenters. The molecule has 3 aromatic rings. The van der Waals surface area contributed by atoms with Crippen molar-refractivity contribution >= 4 is 50.7 Å². The summed E-state index contributed by atoms with van der Waals surface area (Å²) in [6.07, 6.45) is 0.327. The van der Waals surface area contributed by atoms with Gasteiger partial charge >= 0.3 is 0 Å². The smallest absolute Gasteiger partial charge is 0.264 e. The fourth-order valence-corrected chi connectivity index (χ4v) is 6.04. The molecule has 0 aliphatic carbocycles. The molecule has 0 saturated carbocycles. The molecule has 7 nitrogen and oxygen atoms in total. The summed E-state index contributed by atoms with van der Waals surface area (Å²) in [6.45, 7) is 7.18. The van der Waals surface area contributed by atoms with Crippen molar-refractivity contribution in [2.24, 2.45) is 0 Å². The minimum atomic E-state index is -4.12. The Morgan fingerprint density at radius 3 is 2.18 bits per heavy atom. The maximum atomic E-state index is 14.0. The van der Waals surface area contributed by atoms with Crippen LogP contribution in [-0.4, -0.2) is 44.3 Å². The number of benzene rings is 3. The average Bonchev–Trinajstić information content (AvgIpc) is 2.90. The average molecular weight is 591 g/mol. The number of rotatable bonds is 11. The predicted octanol–water partition coefficient (Wildman–Crippen LogP) is 5.75. The summed E-state index contributed by atoms with van der Waals surface area (Å²) in [7, 11) is -4.12. The van der Waals surface area contributed by atoms with Gasteiger partial charge in [-0.3, -0.25) is 13.9 Å². The molecule has 0 radical (unpaired) electrons. The zero-order valence-electron chi connectivity index (χ0n) is 22.4. The molecule has 0 aliphatic heterocycles. The summed E-state index contributed by atoms with van der Waals surface area (Å²) in [6, 6.07) is 17.6. The van der Waals surface area contributed by atoms with Gasteiger partial charge in [0.25, 0.3) is 10.0 Å². The third-order valence-electron chi connectivity index (χ3n) is 6.35. The van der Waals surface area contributed by atoms with Crippen molar-refractivity contribution in [2.75, 3.05) is 17.4 Å². The second-order valence-corrected chi connectivity index (χ2v) is 11.9. The van der Waals surface area contributed by atoms with E-state index in [0.717, 1.165) is 9.87 Å². The Bertz CT molecular complexity index is 1430. The van der Waals surface area contributed by atoms with E-state index in [4.69, 9.17) is 23.2 Å². The van der Waals surface area contributed by atoms with Crippen LogP contribution in [0.3, 0.4) is 0 Å². The van der Waals surface area contributed by atoms with Crippen LogP contribution in [0.2, 0.25) is 10.0 Å². The van der Waals surface area contributed by atoms with Crippen molar-refractivity contribution in [3.63, 3.8) is 0 Å². The minimum Gasteiger partial charge on any atom is -0.355 e. The van der Waals surface area contributed by atoms with Gasteiger partial charge in [-0.15, -0.1) is 0 Å². The van der Waals surface area contributed by atoms with E-state index < -0.39 is 28.5 Å². The second-order valence-electron chi connectivity index (χ2n) is 9.20. The number of carbonyl (C=O) groups excluding carboxylic acids is 2. The first-order chi connectivity index (χ1) is 18.5. The second kappa shape index (κ2) is 13.3. The van der Waals surface area contributed by atoms with E-state index in [1.54, 1.807) is 75.4 Å². The number of halogens is 2.